The molecule has 0 saturated carbocycles. The van der Waals surface area contributed by atoms with Gasteiger partial charge < -0.3 is 9.47 Å². The predicted molar refractivity (Wildman–Crippen MR) is 56.0 cm³/mol. The largest absolute Gasteiger partial charge is 0.462 e. The topological polar surface area (TPSA) is 48.4 Å². The third-order valence-electron chi connectivity index (χ3n) is 1.69. The summed E-state index contributed by atoms with van der Waals surface area (Å²) in [6, 6.07) is 3.03. The van der Waals surface area contributed by atoms with Gasteiger partial charge in [0.25, 0.3) is 0 Å². The van der Waals surface area contributed by atoms with Gasteiger partial charge in [0.05, 0.1) is 12.2 Å². The van der Waals surface area contributed by atoms with E-state index in [0.717, 1.165) is 0 Å². The van der Waals surface area contributed by atoms with Gasteiger partial charge in [-0.1, -0.05) is 11.6 Å². The fraction of sp³-hybridized carbons (Fsp3) is 0.400. The summed E-state index contributed by atoms with van der Waals surface area (Å²) >= 11 is 5.63. The number of rotatable bonds is 5. The molecule has 0 spiro atoms. The van der Waals surface area contributed by atoms with E-state index in [1.807, 2.05) is 0 Å². The Morgan fingerprint density at radius 1 is 1.53 bits per heavy atom. The van der Waals surface area contributed by atoms with E-state index in [9.17, 15) is 4.79 Å². The van der Waals surface area contributed by atoms with E-state index >= 15 is 0 Å². The summed E-state index contributed by atoms with van der Waals surface area (Å²) in [7, 11) is 1.60. The standard InChI is InChI=1S/C10H12ClNO3/c1-14-5-2-6-15-10(13)8-3-4-12-9(11)7-8/h3-4,7H,2,5-6H2,1H3. The van der Waals surface area contributed by atoms with E-state index in [-0.39, 0.29) is 5.15 Å². The molecule has 1 aromatic heterocycles. The van der Waals surface area contributed by atoms with E-state index in [0.29, 0.717) is 25.2 Å². The predicted octanol–water partition coefficient (Wildman–Crippen LogP) is 1.93. The molecule has 0 aliphatic rings. The number of carbonyl (C=O) groups is 1. The van der Waals surface area contributed by atoms with Crippen LogP contribution in [0.25, 0.3) is 0 Å². The van der Waals surface area contributed by atoms with Crippen LogP contribution in [0.2, 0.25) is 5.15 Å². The Kier molecular flexibility index (Phi) is 5.07. The molecular formula is C10H12ClNO3. The van der Waals surface area contributed by atoms with Crippen LogP contribution in [0.1, 0.15) is 16.8 Å². The van der Waals surface area contributed by atoms with Gasteiger partial charge in [0.15, 0.2) is 0 Å². The number of hydrogen-bond acceptors (Lipinski definition) is 4. The number of halogens is 1. The van der Waals surface area contributed by atoms with Crippen molar-refractivity contribution in [3.63, 3.8) is 0 Å². The molecule has 1 aromatic rings. The first-order valence-corrected chi connectivity index (χ1v) is 4.89. The molecular weight excluding hydrogens is 218 g/mol. The number of aromatic nitrogens is 1. The zero-order chi connectivity index (χ0) is 11.1. The second-order valence-electron chi connectivity index (χ2n) is 2.85. The molecule has 0 radical (unpaired) electrons. The molecule has 4 nitrogen and oxygen atoms in total. The maximum absolute atomic E-state index is 11.4. The van der Waals surface area contributed by atoms with Crippen molar-refractivity contribution >= 4 is 17.6 Å². The summed E-state index contributed by atoms with van der Waals surface area (Å²) in [5, 5.41) is 0.279. The highest BCUT2D eigenvalue weighted by molar-refractivity contribution is 6.29. The third kappa shape index (κ3) is 4.27. The first-order chi connectivity index (χ1) is 7.24. The maximum Gasteiger partial charge on any atom is 0.338 e. The van der Waals surface area contributed by atoms with Crippen molar-refractivity contribution in [2.75, 3.05) is 20.3 Å². The van der Waals surface area contributed by atoms with E-state index in [1.54, 1.807) is 13.2 Å². The average molecular weight is 230 g/mol. The van der Waals surface area contributed by atoms with Crippen LogP contribution in [-0.4, -0.2) is 31.3 Å². The lowest BCUT2D eigenvalue weighted by atomic mass is 10.3. The number of esters is 1. The summed E-state index contributed by atoms with van der Waals surface area (Å²) in [5.74, 6) is -0.393. The number of methoxy groups -OCH3 is 1. The van der Waals surface area contributed by atoms with E-state index in [1.165, 1.54) is 12.3 Å². The molecule has 0 aliphatic heterocycles. The number of ether oxygens (including phenoxy) is 2. The molecule has 0 atom stereocenters. The maximum atomic E-state index is 11.4. The molecule has 0 unspecified atom stereocenters. The monoisotopic (exact) mass is 229 g/mol. The minimum absolute atomic E-state index is 0.279. The van der Waals surface area contributed by atoms with Crippen LogP contribution in [0.3, 0.4) is 0 Å². The highest BCUT2D eigenvalue weighted by Gasteiger charge is 2.07. The molecule has 1 rings (SSSR count). The van der Waals surface area contributed by atoms with Gasteiger partial charge in [-0.25, -0.2) is 9.78 Å². The lowest BCUT2D eigenvalue weighted by molar-refractivity contribution is 0.0468. The summed E-state index contributed by atoms with van der Waals surface area (Å²) in [6.45, 7) is 0.914. The minimum atomic E-state index is -0.393. The minimum Gasteiger partial charge on any atom is -0.462 e. The molecule has 82 valence electrons. The lowest BCUT2D eigenvalue weighted by Crippen LogP contribution is -2.08. The highest BCUT2D eigenvalue weighted by atomic mass is 35.5. The van der Waals surface area contributed by atoms with E-state index in [4.69, 9.17) is 21.1 Å². The quantitative estimate of drug-likeness (QED) is 0.440. The molecule has 1 heterocycles. The fourth-order valence-corrected chi connectivity index (χ4v) is 1.15. The Balaban J connectivity index is 2.40. The van der Waals surface area contributed by atoms with Crippen LogP contribution < -0.4 is 0 Å². The van der Waals surface area contributed by atoms with Crippen molar-refractivity contribution in [3.05, 3.63) is 29.0 Å². The van der Waals surface area contributed by atoms with Crippen molar-refractivity contribution in [1.82, 2.24) is 4.98 Å². The van der Waals surface area contributed by atoms with Gasteiger partial charge >= 0.3 is 5.97 Å². The van der Waals surface area contributed by atoms with Gasteiger partial charge in [-0.15, -0.1) is 0 Å². The second-order valence-corrected chi connectivity index (χ2v) is 3.24. The van der Waals surface area contributed by atoms with Crippen molar-refractivity contribution in [2.24, 2.45) is 0 Å². The molecule has 0 aliphatic carbocycles. The first kappa shape index (κ1) is 11.9. The number of nitrogens with zero attached hydrogens (tertiary/aromatic N) is 1. The fourth-order valence-electron chi connectivity index (χ4n) is 0.981. The van der Waals surface area contributed by atoms with Crippen molar-refractivity contribution in [1.29, 1.82) is 0 Å². The number of pyridine rings is 1. The van der Waals surface area contributed by atoms with Gasteiger partial charge in [0.2, 0.25) is 0 Å². The Morgan fingerprint density at radius 2 is 2.33 bits per heavy atom. The zero-order valence-corrected chi connectivity index (χ0v) is 9.16. The van der Waals surface area contributed by atoms with Crippen LogP contribution in [-0.2, 0) is 9.47 Å². The van der Waals surface area contributed by atoms with Crippen LogP contribution in [0.5, 0.6) is 0 Å². The summed E-state index contributed by atoms with van der Waals surface area (Å²) in [4.78, 5) is 15.2. The van der Waals surface area contributed by atoms with Crippen LogP contribution in [0.4, 0.5) is 0 Å². The first-order valence-electron chi connectivity index (χ1n) is 4.51. The SMILES string of the molecule is COCCCOC(=O)c1ccnc(Cl)c1. The molecule has 0 bridgehead atoms. The highest BCUT2D eigenvalue weighted by Crippen LogP contribution is 2.08. The van der Waals surface area contributed by atoms with Crippen LogP contribution in [0, 0.1) is 0 Å². The molecule has 5 heteroatoms. The normalized spacial score (nSPS) is 10.0. The number of hydrogen-bond donors (Lipinski definition) is 0. The summed E-state index contributed by atoms with van der Waals surface area (Å²) in [5.41, 5.74) is 0.410. The Hall–Kier alpha value is -1.13. The second kappa shape index (κ2) is 6.37. The zero-order valence-electron chi connectivity index (χ0n) is 8.40. The van der Waals surface area contributed by atoms with Crippen molar-refractivity contribution in [2.45, 2.75) is 6.42 Å². The molecule has 15 heavy (non-hydrogen) atoms. The van der Waals surface area contributed by atoms with E-state index in [2.05, 4.69) is 4.98 Å². The Labute approximate surface area is 93.2 Å². The van der Waals surface area contributed by atoms with Crippen molar-refractivity contribution in [3.8, 4) is 0 Å². The van der Waals surface area contributed by atoms with Crippen LogP contribution >= 0.6 is 11.6 Å². The Morgan fingerprint density at radius 3 is 3.00 bits per heavy atom. The van der Waals surface area contributed by atoms with Gasteiger partial charge in [-0.3, -0.25) is 0 Å². The molecule has 0 fully saturated rings. The molecule has 0 N–H and O–H groups in total. The van der Waals surface area contributed by atoms with Gasteiger partial charge in [0, 0.05) is 26.3 Å². The smallest absolute Gasteiger partial charge is 0.338 e. The molecule has 0 aromatic carbocycles. The third-order valence-corrected chi connectivity index (χ3v) is 1.89. The molecule has 0 amide bonds. The summed E-state index contributed by atoms with van der Waals surface area (Å²) in [6.07, 6.45) is 2.15. The van der Waals surface area contributed by atoms with Crippen LogP contribution in [0.15, 0.2) is 18.3 Å². The Bertz CT molecular complexity index is 330. The van der Waals surface area contributed by atoms with Gasteiger partial charge in [-0.05, 0) is 12.1 Å². The van der Waals surface area contributed by atoms with Gasteiger partial charge in [0.1, 0.15) is 5.15 Å². The summed E-state index contributed by atoms with van der Waals surface area (Å²) < 4.78 is 9.81. The van der Waals surface area contributed by atoms with Crippen molar-refractivity contribution < 1.29 is 14.3 Å². The lowest BCUT2D eigenvalue weighted by Gasteiger charge is -2.04. The average Bonchev–Trinajstić information content (AvgIpc) is 2.24. The van der Waals surface area contributed by atoms with E-state index < -0.39 is 5.97 Å². The van der Waals surface area contributed by atoms with Gasteiger partial charge in [-0.2, -0.15) is 0 Å². The molecule has 0 saturated heterocycles. The number of carbonyl (C=O) groups excluding carboxylic acids is 1.